The van der Waals surface area contributed by atoms with E-state index in [1.54, 1.807) is 5.57 Å². The molecule has 6 aliphatic rings. The van der Waals surface area contributed by atoms with Gasteiger partial charge in [0.15, 0.2) is 0 Å². The van der Waals surface area contributed by atoms with Crippen molar-refractivity contribution in [3.8, 4) is 11.5 Å². The van der Waals surface area contributed by atoms with Gasteiger partial charge in [0.2, 0.25) is 0 Å². The Bertz CT molecular complexity index is 1230. The fraction of sp³-hybridized carbons (Fsp3) is 0.689. The second-order valence-electron chi connectivity index (χ2n) is 17.7. The largest absolute Gasteiger partial charge is 0.494 e. The van der Waals surface area contributed by atoms with Crippen LogP contribution in [0.25, 0.3) is 5.57 Å². The van der Waals surface area contributed by atoms with Crippen molar-refractivity contribution in [1.82, 2.24) is 0 Å². The average molecular weight is 669 g/mol. The Morgan fingerprint density at radius 2 is 0.898 bits per heavy atom. The predicted octanol–water partition coefficient (Wildman–Crippen LogP) is 10.3. The first kappa shape index (κ1) is 35.1. The molecule has 268 valence electrons. The van der Waals surface area contributed by atoms with E-state index in [9.17, 15) is 0 Å². The van der Waals surface area contributed by atoms with Gasteiger partial charge in [-0.3, -0.25) is 0 Å². The van der Waals surface area contributed by atoms with Crippen molar-refractivity contribution in [2.45, 2.75) is 109 Å². The van der Waals surface area contributed by atoms with Crippen molar-refractivity contribution in [1.29, 1.82) is 0 Å². The first-order chi connectivity index (χ1) is 24.0. The number of likely N-dealkylation sites (tertiary alicyclic amines) is 2. The molecule has 2 aromatic carbocycles. The van der Waals surface area contributed by atoms with Crippen LogP contribution in [0.1, 0.15) is 120 Å². The number of hydrogen-bond acceptors (Lipinski definition) is 2. The summed E-state index contributed by atoms with van der Waals surface area (Å²) in [4.78, 5) is 0. The van der Waals surface area contributed by atoms with Gasteiger partial charge < -0.3 is 18.4 Å². The summed E-state index contributed by atoms with van der Waals surface area (Å²) in [5, 5.41) is 0. The Labute approximate surface area is 299 Å². The van der Waals surface area contributed by atoms with Gasteiger partial charge in [0.1, 0.15) is 11.5 Å². The lowest BCUT2D eigenvalue weighted by atomic mass is 9.53. The smallest absolute Gasteiger partial charge is 0.119 e. The van der Waals surface area contributed by atoms with Crippen LogP contribution in [-0.4, -0.2) is 75.5 Å². The van der Waals surface area contributed by atoms with E-state index in [1.807, 2.05) is 0 Å². The molecule has 2 aromatic rings. The number of allylic oxidation sites excluding steroid dienone is 1. The van der Waals surface area contributed by atoms with Crippen LogP contribution in [0, 0.1) is 23.7 Å². The fourth-order valence-corrected chi connectivity index (χ4v) is 11.0. The molecule has 0 atom stereocenters. The number of nitrogens with zero attached hydrogens (tertiary/aromatic N) is 2. The molecular weight excluding hydrogens is 601 g/mol. The summed E-state index contributed by atoms with van der Waals surface area (Å²) >= 11 is 0. The van der Waals surface area contributed by atoms with E-state index in [1.165, 1.54) is 161 Å². The van der Waals surface area contributed by atoms with Gasteiger partial charge in [-0.2, -0.15) is 0 Å². The summed E-state index contributed by atoms with van der Waals surface area (Å²) in [5.41, 5.74) is 6.01. The molecule has 0 aromatic heterocycles. The van der Waals surface area contributed by atoms with Crippen LogP contribution in [0.5, 0.6) is 11.5 Å². The molecule has 0 spiro atoms. The van der Waals surface area contributed by atoms with Crippen LogP contribution in [0.15, 0.2) is 54.1 Å². The Morgan fingerprint density at radius 3 is 1.29 bits per heavy atom. The molecular formula is C45H68N2O2+2. The minimum Gasteiger partial charge on any atom is -0.494 e. The van der Waals surface area contributed by atoms with E-state index in [2.05, 4.69) is 62.6 Å². The minimum atomic E-state index is 0.764. The SMILES string of the molecule is C[N+]1(CCCCOc2ccc(C(=C3C4CC5CC(C4)CC3C5)c3ccc(OCCCC[N+]4(C)CCCCCC4)cc3)cc2)CCCCCC1. The Morgan fingerprint density at radius 1 is 0.510 bits per heavy atom. The molecule has 2 aliphatic heterocycles. The average Bonchev–Trinajstić information content (AvgIpc) is 3.46. The molecule has 0 unspecified atom stereocenters. The van der Waals surface area contributed by atoms with E-state index in [-0.39, 0.29) is 0 Å². The molecule has 2 heterocycles. The molecule has 0 amide bonds. The van der Waals surface area contributed by atoms with Crippen molar-refractivity contribution in [3.63, 3.8) is 0 Å². The highest BCUT2D eigenvalue weighted by atomic mass is 16.5. The second-order valence-corrected chi connectivity index (χ2v) is 17.7. The topological polar surface area (TPSA) is 18.5 Å². The third kappa shape index (κ3) is 9.14. The maximum absolute atomic E-state index is 6.31. The second kappa shape index (κ2) is 16.4. The van der Waals surface area contributed by atoms with Gasteiger partial charge >= 0.3 is 0 Å². The maximum Gasteiger partial charge on any atom is 0.119 e. The van der Waals surface area contributed by atoms with E-state index < -0.39 is 0 Å². The van der Waals surface area contributed by atoms with Crippen LogP contribution in [0.3, 0.4) is 0 Å². The Balaban J connectivity index is 0.973. The normalized spacial score (nSPS) is 27.3. The van der Waals surface area contributed by atoms with Gasteiger partial charge in [0.25, 0.3) is 0 Å². The molecule has 4 nitrogen and oxygen atoms in total. The Kier molecular flexibility index (Phi) is 11.7. The number of unbranched alkanes of at least 4 members (excludes halogenated alkanes) is 2. The van der Waals surface area contributed by atoms with E-state index >= 15 is 0 Å². The molecule has 0 N–H and O–H groups in total. The molecule has 49 heavy (non-hydrogen) atoms. The maximum atomic E-state index is 6.31. The summed E-state index contributed by atoms with van der Waals surface area (Å²) in [6.07, 6.45) is 23.2. The molecule has 2 saturated heterocycles. The zero-order valence-corrected chi connectivity index (χ0v) is 31.3. The number of benzene rings is 2. The first-order valence-electron chi connectivity index (χ1n) is 20.8. The molecule has 4 bridgehead atoms. The van der Waals surface area contributed by atoms with Crippen molar-refractivity contribution >= 4 is 5.57 Å². The Hall–Kier alpha value is -2.30. The van der Waals surface area contributed by atoms with Gasteiger partial charge in [-0.05, 0) is 174 Å². The standard InChI is InChI=1S/C45H68N2O2/c1-46(23-7-3-4-8-24-46)27-11-13-29-48-42-19-15-38(16-20-42)44(45-40-32-36-31-37(34-40)35-41(45)33-36)39-17-21-43(22-18-39)49-30-14-12-28-47(2)25-9-5-6-10-26-47/h15-22,36-37,40-41H,3-14,23-35H2,1-2H3/q+2. The van der Waals surface area contributed by atoms with Gasteiger partial charge in [-0.15, -0.1) is 0 Å². The van der Waals surface area contributed by atoms with Crippen LogP contribution < -0.4 is 9.47 Å². The summed E-state index contributed by atoms with van der Waals surface area (Å²) < 4.78 is 15.1. The van der Waals surface area contributed by atoms with Crippen LogP contribution in [0.2, 0.25) is 0 Å². The summed E-state index contributed by atoms with van der Waals surface area (Å²) in [6, 6.07) is 18.4. The lowest BCUT2D eigenvalue weighted by Crippen LogP contribution is -2.45. The third-order valence-corrected chi connectivity index (χ3v) is 13.6. The molecule has 8 rings (SSSR count). The molecule has 0 radical (unpaired) electrons. The highest BCUT2D eigenvalue weighted by Gasteiger charge is 2.46. The molecule has 4 saturated carbocycles. The number of hydrogen-bond donors (Lipinski definition) is 0. The number of rotatable bonds is 14. The van der Waals surface area contributed by atoms with Gasteiger partial charge in [-0.25, -0.2) is 0 Å². The zero-order chi connectivity index (χ0) is 33.5. The lowest BCUT2D eigenvalue weighted by Gasteiger charge is -2.52. The van der Waals surface area contributed by atoms with Gasteiger partial charge in [0.05, 0.1) is 66.6 Å². The summed E-state index contributed by atoms with van der Waals surface area (Å²) in [7, 11) is 4.95. The quantitative estimate of drug-likeness (QED) is 0.147. The summed E-state index contributed by atoms with van der Waals surface area (Å²) in [6.45, 7) is 9.67. The van der Waals surface area contributed by atoms with Crippen LogP contribution >= 0.6 is 0 Å². The number of quaternary nitrogens is 2. The van der Waals surface area contributed by atoms with E-state index in [0.29, 0.717) is 0 Å². The van der Waals surface area contributed by atoms with Crippen molar-refractivity contribution in [2.24, 2.45) is 23.7 Å². The lowest BCUT2D eigenvalue weighted by molar-refractivity contribution is -0.909. The van der Waals surface area contributed by atoms with Crippen molar-refractivity contribution < 1.29 is 18.4 Å². The molecule has 4 heteroatoms. The highest BCUT2D eigenvalue weighted by molar-refractivity contribution is 5.83. The van der Waals surface area contributed by atoms with E-state index in [0.717, 1.165) is 61.2 Å². The highest BCUT2D eigenvalue weighted by Crippen LogP contribution is 2.58. The van der Waals surface area contributed by atoms with Crippen molar-refractivity contribution in [2.75, 3.05) is 66.6 Å². The van der Waals surface area contributed by atoms with Gasteiger partial charge in [-0.1, -0.05) is 29.8 Å². The van der Waals surface area contributed by atoms with Gasteiger partial charge in [0, 0.05) is 0 Å². The van der Waals surface area contributed by atoms with E-state index in [4.69, 9.17) is 9.47 Å². The first-order valence-corrected chi connectivity index (χ1v) is 20.8. The molecule has 4 aliphatic carbocycles. The van der Waals surface area contributed by atoms with Crippen LogP contribution in [-0.2, 0) is 0 Å². The summed E-state index contributed by atoms with van der Waals surface area (Å²) in [5.74, 6) is 5.49. The van der Waals surface area contributed by atoms with Crippen LogP contribution in [0.4, 0.5) is 0 Å². The minimum absolute atomic E-state index is 0.764. The number of ether oxygens (including phenoxy) is 2. The molecule has 6 fully saturated rings. The fourth-order valence-electron chi connectivity index (χ4n) is 11.0. The van der Waals surface area contributed by atoms with Crippen molar-refractivity contribution in [3.05, 3.63) is 65.2 Å². The third-order valence-electron chi connectivity index (χ3n) is 13.6. The zero-order valence-electron chi connectivity index (χ0n) is 31.3. The predicted molar refractivity (Wildman–Crippen MR) is 204 cm³/mol. The monoisotopic (exact) mass is 669 g/mol.